The third-order valence-electron chi connectivity index (χ3n) is 0.125. The fourth-order valence-corrected chi connectivity index (χ4v) is 0.0379. The van der Waals surface area contributed by atoms with Gasteiger partial charge in [-0.25, -0.2) is 0 Å². The zero-order valence-electron chi connectivity index (χ0n) is 2.74. The molecule has 0 unspecified atom stereocenters. The summed E-state index contributed by atoms with van der Waals surface area (Å²) in [5, 5.41) is 2.54. The summed E-state index contributed by atoms with van der Waals surface area (Å²) in [6.45, 7) is 5.90. The van der Waals surface area contributed by atoms with Crippen molar-refractivity contribution in [2.75, 3.05) is 0 Å². The predicted octanol–water partition coefficient (Wildman–Crippen LogP) is 1.42. The Kier molecular flexibility index (Phi) is 2.76. The number of nitrogens with zero attached hydrogens (tertiary/aromatic N) is 5. The molecule has 0 aliphatic rings. The Bertz CT molecular complexity index is 102. The van der Waals surface area contributed by atoms with Crippen molar-refractivity contribution in [2.45, 2.75) is 0 Å². The number of rotatable bonds is 1. The second kappa shape index (κ2) is 3.60. The van der Waals surface area contributed by atoms with E-state index in [-0.39, 0.29) is 0 Å². The molecule has 0 aromatic heterocycles. The van der Waals surface area contributed by atoms with E-state index >= 15 is 0 Å². The maximum absolute atomic E-state index is 7.42. The van der Waals surface area contributed by atoms with Gasteiger partial charge in [-0.1, -0.05) is 0 Å². The molecule has 30 valence electrons. The Morgan fingerprint density at radius 3 is 2.67 bits per heavy atom. The fraction of sp³-hybridized carbons (Fsp3) is 0. The lowest BCUT2D eigenvalue weighted by Gasteiger charge is -1.75. The first-order valence-corrected chi connectivity index (χ1v) is 1.02. The summed E-state index contributed by atoms with van der Waals surface area (Å²) in [5.74, 6) is 0. The third-order valence-corrected chi connectivity index (χ3v) is 0.125. The molecule has 0 saturated heterocycles. The van der Waals surface area contributed by atoms with Gasteiger partial charge in [0.2, 0.25) is 0 Å². The molecule has 0 aromatic rings. The first kappa shape index (κ1) is 4.60. The van der Waals surface area contributed by atoms with E-state index in [0.29, 0.717) is 0 Å². The van der Waals surface area contributed by atoms with Gasteiger partial charge in [0.05, 0.1) is 0 Å². The Labute approximate surface area is 34.0 Å². The molecule has 5 nitrogen and oxygen atoms in total. The van der Waals surface area contributed by atoms with Crippen molar-refractivity contribution in [3.63, 3.8) is 0 Å². The van der Waals surface area contributed by atoms with Gasteiger partial charge in [0, 0.05) is 5.53 Å². The van der Waals surface area contributed by atoms with Crippen LogP contribution in [0.3, 0.4) is 0 Å². The van der Waals surface area contributed by atoms with Crippen molar-refractivity contribution in [1.29, 1.82) is 0 Å². The Morgan fingerprint density at radius 1 is 1.83 bits per heavy atom. The van der Waals surface area contributed by atoms with Gasteiger partial charge >= 0.3 is 0 Å². The summed E-state index contributed by atoms with van der Waals surface area (Å²) in [7, 11) is 0. The first-order valence-electron chi connectivity index (χ1n) is 1.02. The van der Waals surface area contributed by atoms with Crippen molar-refractivity contribution in [3.05, 3.63) is 27.5 Å². The molecule has 0 aliphatic carbocycles. The zero-order valence-corrected chi connectivity index (χ0v) is 2.74. The van der Waals surface area contributed by atoms with E-state index in [4.69, 9.17) is 12.1 Å². The Balaban J connectivity index is 3.16. The van der Waals surface area contributed by atoms with Gasteiger partial charge in [-0.3, -0.25) is 5.53 Å². The van der Waals surface area contributed by atoms with Crippen molar-refractivity contribution < 1.29 is 0 Å². The molecule has 0 atom stereocenters. The smallest absolute Gasteiger partial charge is 0.00650 e. The van der Waals surface area contributed by atoms with Crippen LogP contribution in [-0.4, -0.2) is 0 Å². The maximum Gasteiger partial charge on any atom is 0.00650 e. The lowest BCUT2D eigenvalue weighted by atomic mass is 11.8. The molecule has 0 rings (SSSR count). The molecule has 0 aliphatic heterocycles. The molecule has 6 heavy (non-hydrogen) atoms. The summed E-state index contributed by atoms with van der Waals surface area (Å²) < 4.78 is 0. The molecule has 0 spiro atoms. The average molecular weight is 82.0 g/mol. The molecule has 0 amide bonds. The summed E-state index contributed by atoms with van der Waals surface area (Å²) in [5.41, 5.74) is 10.0. The Morgan fingerprint density at radius 2 is 2.50 bits per heavy atom. The topological polar surface area (TPSA) is 67.2 Å². The average Bonchev–Trinajstić information content (AvgIpc) is 1.61. The maximum atomic E-state index is 7.42. The van der Waals surface area contributed by atoms with Crippen LogP contribution < -0.4 is 0 Å². The standard InChI is InChI=1S/CN5/c1-3-5-6-4-2/q-1. The van der Waals surface area contributed by atoms with E-state index in [1.807, 2.05) is 0 Å². The predicted molar refractivity (Wildman–Crippen MR) is 19.1 cm³/mol. The van der Waals surface area contributed by atoms with Gasteiger partial charge in [-0.05, 0) is 0 Å². The van der Waals surface area contributed by atoms with E-state index in [1.165, 1.54) is 0 Å². The number of hydrogen-bond donors (Lipinski definition) is 0. The molecule has 5 heteroatoms. The van der Waals surface area contributed by atoms with E-state index in [0.717, 1.165) is 0 Å². The molecule has 0 radical (unpaired) electrons. The molecule has 0 heterocycles. The van der Waals surface area contributed by atoms with E-state index in [2.05, 4.69) is 20.6 Å². The highest BCUT2D eigenvalue weighted by Crippen LogP contribution is 1.84. The van der Waals surface area contributed by atoms with Crippen molar-refractivity contribution >= 4 is 0 Å². The lowest BCUT2D eigenvalue weighted by molar-refractivity contribution is 1.41. The van der Waals surface area contributed by atoms with Crippen molar-refractivity contribution in [1.82, 2.24) is 0 Å². The number of azide groups is 1. The number of hydrogen-bond acceptors (Lipinski definition) is 1. The highest BCUT2D eigenvalue weighted by molar-refractivity contribution is 4.76. The highest BCUT2D eigenvalue weighted by atomic mass is 15.6. The van der Waals surface area contributed by atoms with Crippen LogP contribution in [0, 0.1) is 6.57 Å². The largest absolute Gasteiger partial charge is 0.389 e. The van der Waals surface area contributed by atoms with Crippen LogP contribution in [0.5, 0.6) is 0 Å². The van der Waals surface area contributed by atoms with E-state index in [9.17, 15) is 0 Å². The van der Waals surface area contributed by atoms with Gasteiger partial charge in [-0.15, -0.1) is 0 Å². The summed E-state index contributed by atoms with van der Waals surface area (Å²) in [6, 6.07) is 0. The first-order chi connectivity index (χ1) is 2.91. The van der Waals surface area contributed by atoms with Gasteiger partial charge in [0.15, 0.2) is 0 Å². The monoisotopic (exact) mass is 82.0 g/mol. The second-order valence-electron chi connectivity index (χ2n) is 0.368. The van der Waals surface area contributed by atoms with Gasteiger partial charge in [0.25, 0.3) is 0 Å². The van der Waals surface area contributed by atoms with Crippen LogP contribution in [0.4, 0.5) is 0 Å². The van der Waals surface area contributed by atoms with Crippen LogP contribution in [-0.2, 0) is 0 Å². The molecular formula is CN5-. The molecule has 0 N–H and O–H groups in total. The molecular weight excluding hydrogens is 82.0 g/mol. The van der Waals surface area contributed by atoms with Crippen molar-refractivity contribution in [2.24, 2.45) is 5.22 Å². The summed E-state index contributed by atoms with van der Waals surface area (Å²) in [6.07, 6.45) is 0. The van der Waals surface area contributed by atoms with Crippen molar-refractivity contribution in [3.8, 4) is 0 Å². The highest BCUT2D eigenvalue weighted by Gasteiger charge is 1.44. The van der Waals surface area contributed by atoms with Gasteiger partial charge in [-0.2, -0.15) is 5.22 Å². The molecule has 0 aromatic carbocycles. The summed E-state index contributed by atoms with van der Waals surface area (Å²) >= 11 is 0. The van der Waals surface area contributed by atoms with Gasteiger partial charge < -0.3 is 16.4 Å². The molecule has 0 fully saturated rings. The normalized spacial score (nSPS) is 4.50. The van der Waals surface area contributed by atoms with Crippen LogP contribution >= 0.6 is 0 Å². The summed E-state index contributed by atoms with van der Waals surface area (Å²) in [4.78, 5) is 4.55. The fourth-order valence-electron chi connectivity index (χ4n) is 0.0379. The minimum atomic E-state index is 2.17. The van der Waals surface area contributed by atoms with Crippen LogP contribution in [0.1, 0.15) is 0 Å². The minimum absolute atomic E-state index is 2.17. The lowest BCUT2D eigenvalue weighted by Crippen LogP contribution is -1.32. The van der Waals surface area contributed by atoms with Crippen LogP contribution in [0.15, 0.2) is 5.22 Å². The minimum Gasteiger partial charge on any atom is -0.389 e. The van der Waals surface area contributed by atoms with Crippen LogP contribution in [0.2, 0.25) is 0 Å². The van der Waals surface area contributed by atoms with Gasteiger partial charge in [0.1, 0.15) is 0 Å². The quantitative estimate of drug-likeness (QED) is 0.151. The molecule has 0 saturated carbocycles. The third kappa shape index (κ3) is 2.60. The SMILES string of the molecule is [C-]#[N+][N-]N=[N+]=[N-]. The van der Waals surface area contributed by atoms with Crippen LogP contribution in [0.25, 0.3) is 20.9 Å². The zero-order chi connectivity index (χ0) is 4.83. The second-order valence-corrected chi connectivity index (χ2v) is 0.368. The van der Waals surface area contributed by atoms with E-state index < -0.39 is 0 Å². The van der Waals surface area contributed by atoms with E-state index in [1.54, 1.807) is 0 Å². The molecule has 0 bridgehead atoms. The Hall–Kier alpha value is -1.40.